The Kier molecular flexibility index (Phi) is 0.865. The fourth-order valence-electron chi connectivity index (χ4n) is 0.483. The summed E-state index contributed by atoms with van der Waals surface area (Å²) in [5.41, 5.74) is 0. The summed E-state index contributed by atoms with van der Waals surface area (Å²) in [4.78, 5) is 20.6. The van der Waals surface area contributed by atoms with Crippen LogP contribution >= 0.6 is 0 Å². The third-order valence-corrected chi connectivity index (χ3v) is 0.868. The highest BCUT2D eigenvalue weighted by Gasteiger charge is 2.29. The van der Waals surface area contributed by atoms with E-state index in [0.717, 1.165) is 4.58 Å². The summed E-state index contributed by atoms with van der Waals surface area (Å²) in [6, 6.07) is -0.421. The molecular formula is C4H5N2O2+. The third-order valence-electron chi connectivity index (χ3n) is 0.868. The summed E-state index contributed by atoms with van der Waals surface area (Å²) in [7, 11) is 0. The van der Waals surface area contributed by atoms with Gasteiger partial charge in [0.05, 0.1) is 6.72 Å². The number of rotatable bonds is 0. The van der Waals surface area contributed by atoms with Crippen LogP contribution in [0.5, 0.6) is 0 Å². The van der Waals surface area contributed by atoms with E-state index in [1.54, 1.807) is 0 Å². The molecule has 0 aromatic heterocycles. The molecule has 0 spiro atoms. The van der Waals surface area contributed by atoms with E-state index < -0.39 is 6.03 Å². The molecule has 3 amide bonds. The zero-order valence-corrected chi connectivity index (χ0v) is 4.18. The highest BCUT2D eigenvalue weighted by molar-refractivity contribution is 5.96. The number of nitrogens with zero attached hydrogens (tertiary/aromatic N) is 1. The van der Waals surface area contributed by atoms with Crippen molar-refractivity contribution in [2.24, 2.45) is 0 Å². The number of hydrogen-bond acceptors (Lipinski definition) is 2. The second-order valence-electron chi connectivity index (χ2n) is 1.55. The number of imide groups is 1. The molecule has 4 heteroatoms. The highest BCUT2D eigenvalue weighted by atomic mass is 16.2. The molecular weight excluding hydrogens is 108 g/mol. The first-order chi connectivity index (χ1) is 3.70. The number of hydrogen-bond donors (Lipinski definition) is 1. The van der Waals surface area contributed by atoms with E-state index in [1.807, 2.05) is 0 Å². The molecule has 1 aliphatic heterocycles. The largest absolute Gasteiger partial charge is 0.498 e. The Labute approximate surface area is 45.8 Å². The average molecular weight is 113 g/mol. The van der Waals surface area contributed by atoms with Gasteiger partial charge in [0.1, 0.15) is 0 Å². The monoisotopic (exact) mass is 113 g/mol. The van der Waals surface area contributed by atoms with E-state index in [4.69, 9.17) is 0 Å². The molecule has 8 heavy (non-hydrogen) atoms. The molecule has 1 saturated heterocycles. The lowest BCUT2D eigenvalue weighted by molar-refractivity contribution is -0.394. The van der Waals surface area contributed by atoms with Gasteiger partial charge in [-0.3, -0.25) is 0 Å². The topological polar surface area (TPSA) is 49.2 Å². The summed E-state index contributed by atoms with van der Waals surface area (Å²) in [6.45, 7) is 3.35. The van der Waals surface area contributed by atoms with E-state index in [9.17, 15) is 9.59 Å². The molecule has 0 unspecified atom stereocenters. The molecule has 0 aromatic rings. The molecule has 0 bridgehead atoms. The van der Waals surface area contributed by atoms with E-state index in [1.165, 1.54) is 0 Å². The van der Waals surface area contributed by atoms with Crippen molar-refractivity contribution < 1.29 is 14.2 Å². The number of amides is 3. The van der Waals surface area contributed by atoms with Crippen molar-refractivity contribution in [2.45, 2.75) is 0 Å². The minimum Gasteiger partial charge on any atom is -0.242 e. The predicted octanol–water partition coefficient (Wildman–Crippen LogP) is -1.05. The van der Waals surface area contributed by atoms with E-state index >= 15 is 0 Å². The zero-order valence-electron chi connectivity index (χ0n) is 4.18. The van der Waals surface area contributed by atoms with Crippen molar-refractivity contribution >= 4 is 18.7 Å². The second kappa shape index (κ2) is 1.40. The van der Waals surface area contributed by atoms with Gasteiger partial charge < -0.3 is 0 Å². The molecule has 1 rings (SSSR count). The van der Waals surface area contributed by atoms with Crippen molar-refractivity contribution in [1.82, 2.24) is 5.32 Å². The molecule has 0 aromatic carbocycles. The Hall–Kier alpha value is -1.19. The van der Waals surface area contributed by atoms with Crippen LogP contribution in [-0.4, -0.2) is 29.8 Å². The lowest BCUT2D eigenvalue weighted by Crippen LogP contribution is -2.20. The van der Waals surface area contributed by atoms with Gasteiger partial charge in [0, 0.05) is 0 Å². The maximum absolute atomic E-state index is 10.3. The number of nitrogens with one attached hydrogen (secondary N) is 1. The Bertz CT molecular complexity index is 155. The lowest BCUT2D eigenvalue weighted by atomic mass is 10.6. The third kappa shape index (κ3) is 0.598. The molecule has 42 valence electrons. The minimum atomic E-state index is -0.421. The van der Waals surface area contributed by atoms with Gasteiger partial charge in [0.15, 0.2) is 6.54 Å². The maximum Gasteiger partial charge on any atom is 0.498 e. The summed E-state index contributed by atoms with van der Waals surface area (Å²) >= 11 is 0. The second-order valence-corrected chi connectivity index (χ2v) is 1.55. The Morgan fingerprint density at radius 3 is 2.38 bits per heavy atom. The van der Waals surface area contributed by atoms with Crippen molar-refractivity contribution in [1.29, 1.82) is 0 Å². The Morgan fingerprint density at radius 1 is 1.62 bits per heavy atom. The fourth-order valence-corrected chi connectivity index (χ4v) is 0.483. The summed E-state index contributed by atoms with van der Waals surface area (Å²) < 4.78 is 1.07. The zero-order chi connectivity index (χ0) is 6.15. The molecule has 4 nitrogen and oxygen atoms in total. The molecule has 0 atom stereocenters. The van der Waals surface area contributed by atoms with Gasteiger partial charge in [0.25, 0.3) is 0 Å². The van der Waals surface area contributed by atoms with Crippen LogP contribution in [0.4, 0.5) is 4.79 Å². The van der Waals surface area contributed by atoms with E-state index in [0.29, 0.717) is 0 Å². The van der Waals surface area contributed by atoms with Gasteiger partial charge in [-0.05, 0) is 0 Å². The Morgan fingerprint density at radius 2 is 2.25 bits per heavy atom. The van der Waals surface area contributed by atoms with Crippen LogP contribution in [0.3, 0.4) is 0 Å². The summed E-state index contributed by atoms with van der Waals surface area (Å²) in [5.74, 6) is -0.287. The molecule has 1 fully saturated rings. The first kappa shape index (κ1) is 4.96. The van der Waals surface area contributed by atoms with Gasteiger partial charge in [-0.2, -0.15) is 14.7 Å². The quantitative estimate of drug-likeness (QED) is 0.322. The van der Waals surface area contributed by atoms with Gasteiger partial charge in [0.2, 0.25) is 0 Å². The first-order valence-electron chi connectivity index (χ1n) is 2.12. The highest BCUT2D eigenvalue weighted by Crippen LogP contribution is 1.84. The van der Waals surface area contributed by atoms with Gasteiger partial charge >= 0.3 is 11.9 Å². The normalized spacial score (nSPS) is 19.2. The maximum atomic E-state index is 10.3. The van der Waals surface area contributed by atoms with Crippen LogP contribution in [0.25, 0.3) is 0 Å². The van der Waals surface area contributed by atoms with Crippen molar-refractivity contribution in [3.63, 3.8) is 0 Å². The lowest BCUT2D eigenvalue weighted by Gasteiger charge is -1.75. The smallest absolute Gasteiger partial charge is 0.242 e. The van der Waals surface area contributed by atoms with Crippen molar-refractivity contribution in [2.75, 3.05) is 6.54 Å². The number of carbonyl (C=O) groups excluding carboxylic acids is 2. The van der Waals surface area contributed by atoms with Crippen LogP contribution in [0, 0.1) is 0 Å². The molecule has 1 heterocycles. The first-order valence-corrected chi connectivity index (χ1v) is 2.12. The van der Waals surface area contributed by atoms with E-state index in [2.05, 4.69) is 12.0 Å². The summed E-state index contributed by atoms with van der Waals surface area (Å²) in [6.07, 6.45) is 0. The van der Waals surface area contributed by atoms with Crippen LogP contribution in [0.1, 0.15) is 0 Å². The van der Waals surface area contributed by atoms with Gasteiger partial charge in [-0.15, -0.1) is 0 Å². The van der Waals surface area contributed by atoms with Gasteiger partial charge in [-0.1, -0.05) is 0 Å². The standard InChI is InChI=1S/C4H4N2O2/c1-6-2-3(7)5-4(6)8/h1-2H2/p+1. The number of urea groups is 1. The van der Waals surface area contributed by atoms with Gasteiger partial charge in [-0.25, -0.2) is 4.79 Å². The van der Waals surface area contributed by atoms with Crippen LogP contribution in [0.15, 0.2) is 0 Å². The van der Waals surface area contributed by atoms with Crippen molar-refractivity contribution in [3.8, 4) is 0 Å². The molecule has 0 radical (unpaired) electrons. The number of carbonyl (C=O) groups is 2. The molecule has 0 saturated carbocycles. The fraction of sp³-hybridized carbons (Fsp3) is 0.250. The van der Waals surface area contributed by atoms with Crippen LogP contribution in [0.2, 0.25) is 0 Å². The average Bonchev–Trinajstić information content (AvgIpc) is 1.85. The van der Waals surface area contributed by atoms with E-state index in [-0.39, 0.29) is 12.5 Å². The molecule has 1 aliphatic rings. The minimum absolute atomic E-state index is 0.0822. The summed E-state index contributed by atoms with van der Waals surface area (Å²) in [5, 5.41) is 2.05. The SMILES string of the molecule is C=[N+]1CC(=O)NC1=O. The van der Waals surface area contributed by atoms with Crippen molar-refractivity contribution in [3.05, 3.63) is 0 Å². The Balaban J connectivity index is 2.79. The van der Waals surface area contributed by atoms with Crippen LogP contribution < -0.4 is 5.32 Å². The predicted molar refractivity (Wildman–Crippen MR) is 25.8 cm³/mol. The molecule has 0 aliphatic carbocycles. The molecule has 1 N–H and O–H groups in total. The van der Waals surface area contributed by atoms with Crippen LogP contribution in [-0.2, 0) is 4.79 Å².